The predicted molar refractivity (Wildman–Crippen MR) is 162 cm³/mol. The van der Waals surface area contributed by atoms with Crippen LogP contribution in [0.4, 0.5) is 0 Å². The Kier molecular flexibility index (Phi) is 14.6. The molecule has 2 aromatic carbocycles. The van der Waals surface area contributed by atoms with Gasteiger partial charge in [-0.25, -0.2) is 0 Å². The fourth-order valence-corrected chi connectivity index (χ4v) is 8.36. The topological polar surface area (TPSA) is 274 Å². The third-order valence-electron chi connectivity index (χ3n) is 8.71. The number of aliphatic hydroxyl groups is 4. The van der Waals surface area contributed by atoms with Gasteiger partial charge >= 0.3 is 7.60 Å². The molecule has 0 fully saturated rings. The van der Waals surface area contributed by atoms with E-state index in [1.54, 1.807) is 0 Å². The molecule has 0 radical (unpaired) electrons. The van der Waals surface area contributed by atoms with Crippen LogP contribution < -0.4 is 20.4 Å². The van der Waals surface area contributed by atoms with Gasteiger partial charge in [-0.3, -0.25) is 4.57 Å². The zero-order valence-corrected chi connectivity index (χ0v) is 27.3. The molecule has 0 aromatic heterocycles. The second kappa shape index (κ2) is 16.8. The summed E-state index contributed by atoms with van der Waals surface area (Å²) in [6.45, 7) is 0.496. The third kappa shape index (κ3) is 9.78. The van der Waals surface area contributed by atoms with E-state index in [-0.39, 0.29) is 62.9 Å². The molecule has 7 unspecified atom stereocenters. The van der Waals surface area contributed by atoms with Crippen molar-refractivity contribution in [3.05, 3.63) is 58.7 Å². The minimum absolute atomic E-state index is 0.0188. The first-order valence-corrected chi connectivity index (χ1v) is 18.1. The number of quaternary nitrogens is 2. The minimum Gasteiger partial charge on any atom is -0.775 e. The van der Waals surface area contributed by atoms with Gasteiger partial charge in [0.1, 0.15) is 43.1 Å². The molecule has 0 aliphatic carbocycles. The Balaban J connectivity index is 2.94. The SMILES string of the molecule is CC(c1cccc(CO)c1O)[NH+](CP(=O)(O)O)C(CO)C(CO)(CCCCN)[NH+](CP(=O)([O-])O)C(C)c1cccc(CO)c1O. The van der Waals surface area contributed by atoms with Crippen molar-refractivity contribution in [3.8, 4) is 11.5 Å². The number of nitrogens with one attached hydrogen (secondary N) is 2. The molecule has 0 amide bonds. The van der Waals surface area contributed by atoms with Crippen LogP contribution in [0.5, 0.6) is 11.5 Å². The number of aromatic hydroxyl groups is 2. The average Bonchev–Trinajstić information content (AvgIpc) is 2.97. The number of benzene rings is 2. The van der Waals surface area contributed by atoms with Crippen LogP contribution in [0.2, 0.25) is 0 Å². The van der Waals surface area contributed by atoms with Crippen molar-refractivity contribution in [1.29, 1.82) is 0 Å². The summed E-state index contributed by atoms with van der Waals surface area (Å²) in [6.07, 6.45) is -1.32. The lowest BCUT2D eigenvalue weighted by atomic mass is 9.80. The first-order valence-electron chi connectivity index (χ1n) is 14.6. The minimum atomic E-state index is -5.17. The van der Waals surface area contributed by atoms with Crippen molar-refractivity contribution in [1.82, 2.24) is 0 Å². The monoisotopic (exact) mass is 680 g/mol. The predicted octanol–water partition coefficient (Wildman–Crippen LogP) is -2.47. The van der Waals surface area contributed by atoms with Gasteiger partial charge in [-0.1, -0.05) is 24.3 Å². The molecule has 0 aliphatic heterocycles. The van der Waals surface area contributed by atoms with Gasteiger partial charge in [0.05, 0.1) is 24.3 Å². The van der Waals surface area contributed by atoms with Crippen LogP contribution in [0.1, 0.15) is 67.4 Å². The molecule has 2 rings (SSSR count). The highest BCUT2D eigenvalue weighted by Crippen LogP contribution is 2.35. The number of nitrogens with two attached hydrogens (primary N) is 1. The molecular formula is C28H48N3O12P2+. The van der Waals surface area contributed by atoms with E-state index in [2.05, 4.69) is 0 Å². The second-order valence-electron chi connectivity index (χ2n) is 11.5. The molecule has 15 nitrogen and oxygen atoms in total. The van der Waals surface area contributed by atoms with E-state index < -0.39 is 77.9 Å². The summed E-state index contributed by atoms with van der Waals surface area (Å²) in [5.74, 6) is -0.690. The van der Waals surface area contributed by atoms with Crippen molar-refractivity contribution in [2.75, 3.05) is 32.3 Å². The maximum Gasteiger partial charge on any atom is 0.379 e. The smallest absolute Gasteiger partial charge is 0.379 e. The summed E-state index contributed by atoms with van der Waals surface area (Å²) in [5.41, 5.74) is 4.55. The lowest BCUT2D eigenvalue weighted by Crippen LogP contribution is -3.30. The molecule has 256 valence electrons. The lowest BCUT2D eigenvalue weighted by Gasteiger charge is -2.50. The number of aliphatic hydroxyl groups excluding tert-OH is 4. The van der Waals surface area contributed by atoms with Gasteiger partial charge in [0.15, 0.2) is 25.5 Å². The highest BCUT2D eigenvalue weighted by atomic mass is 31.2. The van der Waals surface area contributed by atoms with Crippen LogP contribution in [-0.2, 0) is 22.3 Å². The highest BCUT2D eigenvalue weighted by Gasteiger charge is 2.56. The Hall–Kier alpha value is -1.94. The summed E-state index contributed by atoms with van der Waals surface area (Å²) < 4.78 is 25.1. The van der Waals surface area contributed by atoms with Gasteiger partial charge in [-0.05, 0) is 45.4 Å². The van der Waals surface area contributed by atoms with Gasteiger partial charge < -0.3 is 70.3 Å². The zero-order valence-electron chi connectivity index (χ0n) is 25.5. The fourth-order valence-electron chi connectivity index (χ4n) is 6.37. The fraction of sp³-hybridized carbons (Fsp3) is 0.571. The van der Waals surface area contributed by atoms with Crippen LogP contribution in [0.15, 0.2) is 36.4 Å². The van der Waals surface area contributed by atoms with Crippen LogP contribution >= 0.6 is 15.2 Å². The largest absolute Gasteiger partial charge is 0.775 e. The van der Waals surface area contributed by atoms with Crippen LogP contribution in [0.25, 0.3) is 0 Å². The molecular weight excluding hydrogens is 632 g/mol. The van der Waals surface area contributed by atoms with Crippen molar-refractivity contribution in [2.45, 2.75) is 70.0 Å². The average molecular weight is 681 g/mol. The number of phenols is 2. The Labute approximate surface area is 262 Å². The van der Waals surface area contributed by atoms with Crippen LogP contribution in [0.3, 0.4) is 0 Å². The van der Waals surface area contributed by atoms with Crippen molar-refractivity contribution in [2.24, 2.45) is 5.73 Å². The van der Waals surface area contributed by atoms with E-state index in [1.807, 2.05) is 0 Å². The van der Waals surface area contributed by atoms with Gasteiger partial charge in [-0.15, -0.1) is 0 Å². The summed E-state index contributed by atoms with van der Waals surface area (Å²) in [6, 6.07) is 5.51. The van der Waals surface area contributed by atoms with E-state index in [1.165, 1.54) is 50.2 Å². The first kappa shape index (κ1) is 39.2. The molecule has 2 aromatic rings. The normalized spacial score (nSPS) is 18.4. The molecule has 0 heterocycles. The van der Waals surface area contributed by atoms with E-state index in [0.717, 1.165) is 0 Å². The van der Waals surface area contributed by atoms with Crippen molar-refractivity contribution in [3.63, 3.8) is 0 Å². The number of para-hydroxylation sites is 2. The van der Waals surface area contributed by atoms with E-state index in [0.29, 0.717) is 6.42 Å². The number of unbranched alkanes of at least 4 members (excludes halogenated alkanes) is 1. The van der Waals surface area contributed by atoms with E-state index in [4.69, 9.17) is 5.73 Å². The number of hydrogen-bond acceptors (Lipinski definition) is 10. The lowest BCUT2D eigenvalue weighted by molar-refractivity contribution is -1.03. The maximum atomic E-state index is 12.6. The Morgan fingerprint density at radius 2 is 1.36 bits per heavy atom. The number of rotatable bonds is 19. The Morgan fingerprint density at radius 1 is 0.844 bits per heavy atom. The zero-order chi connectivity index (χ0) is 34.2. The summed E-state index contributed by atoms with van der Waals surface area (Å²) in [7, 11) is -10.1. The standard InChI is InChI=1S/C28H47N3O12P2/c1-19(23-9-5-7-21(13-32)26(23)36)30(17-44(38,39)40)25(15-34)28(16-35,11-3-4-12-29)31(18-45(41,42)43)20(2)24-10-6-8-22(14-33)27(24)37/h5-10,19-20,25,32-37H,3-4,11-18,29H2,1-2H3,(H2,38,39,40)(H2,41,42,43)/p+1. The maximum absolute atomic E-state index is 12.6. The Bertz CT molecular complexity index is 1340. The molecule has 0 saturated carbocycles. The molecule has 17 heteroatoms. The first-order chi connectivity index (χ1) is 21.0. The molecule has 0 saturated heterocycles. The Morgan fingerprint density at radius 3 is 1.76 bits per heavy atom. The van der Waals surface area contributed by atoms with Crippen LogP contribution in [0, 0.1) is 0 Å². The summed E-state index contributed by atoms with van der Waals surface area (Å²) >= 11 is 0. The van der Waals surface area contributed by atoms with Crippen molar-refractivity contribution >= 4 is 15.2 Å². The molecule has 0 aliphatic rings. The summed E-state index contributed by atoms with van der Waals surface area (Å²) in [5, 5.41) is 63.5. The molecule has 13 N–H and O–H groups in total. The molecule has 7 atom stereocenters. The molecule has 0 spiro atoms. The highest BCUT2D eigenvalue weighted by molar-refractivity contribution is 7.51. The second-order valence-corrected chi connectivity index (χ2v) is 14.7. The van der Waals surface area contributed by atoms with Crippen molar-refractivity contribution < 1.29 is 69.1 Å². The molecule has 45 heavy (non-hydrogen) atoms. The number of hydrogen-bond donors (Lipinski definition) is 12. The van der Waals surface area contributed by atoms with Gasteiger partial charge in [0.25, 0.3) is 0 Å². The van der Waals surface area contributed by atoms with E-state index in [9.17, 15) is 59.3 Å². The van der Waals surface area contributed by atoms with Gasteiger partial charge in [-0.2, -0.15) is 0 Å². The van der Waals surface area contributed by atoms with Gasteiger partial charge in [0.2, 0.25) is 0 Å². The molecule has 0 bridgehead atoms. The third-order valence-corrected chi connectivity index (χ3v) is 10.2. The quantitative estimate of drug-likeness (QED) is 0.0543. The van der Waals surface area contributed by atoms with Gasteiger partial charge in [0, 0.05) is 17.5 Å². The van der Waals surface area contributed by atoms with Crippen LogP contribution in [-0.4, -0.2) is 89.2 Å². The van der Waals surface area contributed by atoms with E-state index >= 15 is 0 Å². The summed E-state index contributed by atoms with van der Waals surface area (Å²) in [4.78, 5) is 43.0.